The molecule has 0 unspecified atom stereocenters. The van der Waals surface area contributed by atoms with Gasteiger partial charge in [-0.1, -0.05) is 72.3 Å². The quantitative estimate of drug-likeness (QED) is 0.368. The molecule has 0 amide bonds. The lowest BCUT2D eigenvalue weighted by Gasteiger charge is -2.09. The summed E-state index contributed by atoms with van der Waals surface area (Å²) in [6.07, 6.45) is 0. The highest BCUT2D eigenvalue weighted by atomic mass is 16.4. The molecular formula is C27H24N2O2. The number of hydrogen-bond acceptors (Lipinski definition) is 3. The van der Waals surface area contributed by atoms with E-state index in [0.29, 0.717) is 29.9 Å². The van der Waals surface area contributed by atoms with Crippen molar-refractivity contribution >= 4 is 27.8 Å². The first-order chi connectivity index (χ1) is 15.2. The second-order valence-electron chi connectivity index (χ2n) is 7.78. The van der Waals surface area contributed by atoms with Gasteiger partial charge >= 0.3 is 0 Å². The van der Waals surface area contributed by atoms with E-state index in [1.54, 1.807) is 0 Å². The lowest BCUT2D eigenvalue weighted by Crippen LogP contribution is -2.19. The standard InChI is InChI=1S/C27H24N2O2/c1-3-29-22-12-8-7-11-21(22)25-24(27(29)30)23(20-15-13-18(2)14-16-20)26(31-25)28-17-19-9-5-4-6-10-19/h4-16,28H,3,17H2,1-2H3. The maximum Gasteiger partial charge on any atom is 0.262 e. The number of benzene rings is 3. The molecule has 0 aliphatic carbocycles. The second kappa shape index (κ2) is 7.80. The summed E-state index contributed by atoms with van der Waals surface area (Å²) < 4.78 is 8.20. The Morgan fingerprint density at radius 1 is 0.903 bits per heavy atom. The van der Waals surface area contributed by atoms with Crippen molar-refractivity contribution in [2.45, 2.75) is 26.9 Å². The Labute approximate surface area is 180 Å². The van der Waals surface area contributed by atoms with Gasteiger partial charge in [0.2, 0.25) is 5.88 Å². The van der Waals surface area contributed by atoms with E-state index in [1.807, 2.05) is 54.0 Å². The second-order valence-corrected chi connectivity index (χ2v) is 7.78. The third-order valence-corrected chi connectivity index (χ3v) is 5.76. The van der Waals surface area contributed by atoms with E-state index >= 15 is 0 Å². The summed E-state index contributed by atoms with van der Waals surface area (Å²) in [4.78, 5) is 13.6. The van der Waals surface area contributed by atoms with Crippen LogP contribution in [0.4, 0.5) is 5.88 Å². The number of nitrogens with zero attached hydrogens (tertiary/aromatic N) is 1. The fourth-order valence-electron chi connectivity index (χ4n) is 4.18. The van der Waals surface area contributed by atoms with Crippen LogP contribution in [0, 0.1) is 6.92 Å². The van der Waals surface area contributed by atoms with Crippen LogP contribution in [0.5, 0.6) is 0 Å². The molecule has 5 rings (SSSR count). The molecule has 31 heavy (non-hydrogen) atoms. The van der Waals surface area contributed by atoms with Crippen LogP contribution in [0.3, 0.4) is 0 Å². The number of pyridine rings is 1. The smallest absolute Gasteiger partial charge is 0.262 e. The predicted molar refractivity (Wildman–Crippen MR) is 128 cm³/mol. The van der Waals surface area contributed by atoms with Crippen LogP contribution < -0.4 is 10.9 Å². The molecule has 0 fully saturated rings. The fraction of sp³-hybridized carbons (Fsp3) is 0.148. The number of para-hydroxylation sites is 1. The van der Waals surface area contributed by atoms with Crippen molar-refractivity contribution in [3.05, 3.63) is 100 Å². The maximum absolute atomic E-state index is 13.6. The largest absolute Gasteiger partial charge is 0.439 e. The van der Waals surface area contributed by atoms with Crippen molar-refractivity contribution in [2.75, 3.05) is 5.32 Å². The zero-order chi connectivity index (χ0) is 21.4. The van der Waals surface area contributed by atoms with E-state index in [0.717, 1.165) is 27.6 Å². The topological polar surface area (TPSA) is 47.2 Å². The minimum absolute atomic E-state index is 0.0247. The van der Waals surface area contributed by atoms with E-state index in [9.17, 15) is 4.79 Å². The summed E-state index contributed by atoms with van der Waals surface area (Å²) in [5.41, 5.74) is 5.61. The minimum Gasteiger partial charge on any atom is -0.439 e. The number of nitrogens with one attached hydrogen (secondary N) is 1. The summed E-state index contributed by atoms with van der Waals surface area (Å²) >= 11 is 0. The van der Waals surface area contributed by atoms with Crippen LogP contribution >= 0.6 is 0 Å². The number of fused-ring (bicyclic) bond motifs is 3. The molecule has 2 heterocycles. The number of aromatic nitrogens is 1. The first-order valence-corrected chi connectivity index (χ1v) is 10.6. The normalized spacial score (nSPS) is 11.3. The molecule has 4 nitrogen and oxygen atoms in total. The molecule has 0 aliphatic rings. The van der Waals surface area contributed by atoms with Crippen LogP contribution in [-0.4, -0.2) is 4.57 Å². The van der Waals surface area contributed by atoms with Crippen molar-refractivity contribution in [1.29, 1.82) is 0 Å². The highest BCUT2D eigenvalue weighted by molar-refractivity contribution is 6.10. The summed E-state index contributed by atoms with van der Waals surface area (Å²) in [5, 5.41) is 5.02. The average Bonchev–Trinajstić information content (AvgIpc) is 3.19. The Bertz CT molecular complexity index is 1430. The lowest BCUT2D eigenvalue weighted by molar-refractivity contribution is 0.629. The SMILES string of the molecule is CCn1c(=O)c2c(-c3ccc(C)cc3)c(NCc3ccccc3)oc2c2ccccc21. The molecule has 5 aromatic rings. The molecule has 4 heteroatoms. The summed E-state index contributed by atoms with van der Waals surface area (Å²) in [5.74, 6) is 0.624. The van der Waals surface area contributed by atoms with E-state index < -0.39 is 0 Å². The molecule has 0 radical (unpaired) electrons. The van der Waals surface area contributed by atoms with E-state index in [4.69, 9.17) is 4.42 Å². The Hall–Kier alpha value is -3.79. The van der Waals surface area contributed by atoms with Crippen LogP contribution in [0.15, 0.2) is 88.1 Å². The maximum atomic E-state index is 13.6. The van der Waals surface area contributed by atoms with Gasteiger partial charge in [0.25, 0.3) is 5.56 Å². The highest BCUT2D eigenvalue weighted by Gasteiger charge is 2.22. The third-order valence-electron chi connectivity index (χ3n) is 5.76. The zero-order valence-corrected chi connectivity index (χ0v) is 17.7. The molecule has 1 N–H and O–H groups in total. The number of furan rings is 1. The molecule has 0 spiro atoms. The van der Waals surface area contributed by atoms with Gasteiger partial charge in [-0.25, -0.2) is 0 Å². The van der Waals surface area contributed by atoms with Crippen molar-refractivity contribution in [3.8, 4) is 11.1 Å². The Morgan fingerprint density at radius 2 is 1.61 bits per heavy atom. The van der Waals surface area contributed by atoms with Crippen LogP contribution in [0.2, 0.25) is 0 Å². The van der Waals surface area contributed by atoms with Crippen LogP contribution in [0.25, 0.3) is 33.0 Å². The fourth-order valence-corrected chi connectivity index (χ4v) is 4.18. The third kappa shape index (κ3) is 3.30. The first kappa shape index (κ1) is 19.2. The molecule has 0 saturated heterocycles. The van der Waals surface area contributed by atoms with Gasteiger partial charge < -0.3 is 14.3 Å². The minimum atomic E-state index is -0.0247. The van der Waals surface area contributed by atoms with Gasteiger partial charge in [0.1, 0.15) is 0 Å². The molecule has 0 bridgehead atoms. The summed E-state index contributed by atoms with van der Waals surface area (Å²) in [6, 6.07) is 26.4. The molecular weight excluding hydrogens is 384 g/mol. The number of hydrogen-bond donors (Lipinski definition) is 1. The van der Waals surface area contributed by atoms with Crippen LogP contribution in [0.1, 0.15) is 18.1 Å². The Balaban J connectivity index is 1.79. The van der Waals surface area contributed by atoms with Crippen molar-refractivity contribution < 1.29 is 4.42 Å². The van der Waals surface area contributed by atoms with Crippen LogP contribution in [-0.2, 0) is 13.1 Å². The van der Waals surface area contributed by atoms with Gasteiger partial charge in [-0.2, -0.15) is 0 Å². The first-order valence-electron chi connectivity index (χ1n) is 10.6. The predicted octanol–water partition coefficient (Wildman–Crippen LogP) is 6.36. The molecule has 0 saturated carbocycles. The van der Waals surface area contributed by atoms with E-state index in [1.165, 1.54) is 5.56 Å². The summed E-state index contributed by atoms with van der Waals surface area (Å²) in [6.45, 7) is 5.27. The van der Waals surface area contributed by atoms with Gasteiger partial charge in [-0.3, -0.25) is 4.79 Å². The van der Waals surface area contributed by atoms with E-state index in [-0.39, 0.29) is 5.56 Å². The Kier molecular flexibility index (Phi) is 4.83. The zero-order valence-electron chi connectivity index (χ0n) is 17.7. The van der Waals surface area contributed by atoms with Gasteiger partial charge in [0.05, 0.1) is 16.5 Å². The van der Waals surface area contributed by atoms with Gasteiger partial charge in [-0.05, 0) is 37.1 Å². The number of rotatable bonds is 5. The lowest BCUT2D eigenvalue weighted by atomic mass is 10.0. The molecule has 3 aromatic carbocycles. The molecule has 2 aromatic heterocycles. The van der Waals surface area contributed by atoms with E-state index in [2.05, 4.69) is 48.6 Å². The molecule has 0 aliphatic heterocycles. The van der Waals surface area contributed by atoms with Crippen molar-refractivity contribution in [1.82, 2.24) is 4.57 Å². The average molecular weight is 409 g/mol. The van der Waals surface area contributed by atoms with Crippen molar-refractivity contribution in [2.24, 2.45) is 0 Å². The monoisotopic (exact) mass is 408 g/mol. The van der Waals surface area contributed by atoms with Crippen molar-refractivity contribution in [3.63, 3.8) is 0 Å². The highest BCUT2D eigenvalue weighted by Crippen LogP contribution is 2.40. The van der Waals surface area contributed by atoms with Gasteiger partial charge in [-0.15, -0.1) is 0 Å². The Morgan fingerprint density at radius 3 is 2.35 bits per heavy atom. The summed E-state index contributed by atoms with van der Waals surface area (Å²) in [7, 11) is 0. The molecule has 154 valence electrons. The van der Waals surface area contributed by atoms with Gasteiger partial charge in [0, 0.05) is 18.5 Å². The number of anilines is 1. The number of aryl methyl sites for hydroxylation is 2. The molecule has 0 atom stereocenters. The van der Waals surface area contributed by atoms with Gasteiger partial charge in [0.15, 0.2) is 5.58 Å².